The van der Waals surface area contributed by atoms with Gasteiger partial charge in [0.2, 0.25) is 0 Å². The molecule has 0 aliphatic carbocycles. The summed E-state index contributed by atoms with van der Waals surface area (Å²) in [5.74, 6) is 0.642. The van der Waals surface area contributed by atoms with Crippen molar-refractivity contribution in [3.05, 3.63) is 29.8 Å². The summed E-state index contributed by atoms with van der Waals surface area (Å²) in [4.78, 5) is 22.1. The molecule has 1 rings (SSSR count). The second-order valence-corrected chi connectivity index (χ2v) is 4.65. The minimum absolute atomic E-state index is 0.107. The third kappa shape index (κ3) is 4.98. The molecule has 0 aromatic heterocycles. The maximum absolute atomic E-state index is 11.4. The van der Waals surface area contributed by atoms with Gasteiger partial charge in [0.05, 0.1) is 0 Å². The highest BCUT2D eigenvalue weighted by Gasteiger charge is 2.03. The first-order valence-electron chi connectivity index (χ1n) is 5.08. The number of ketones is 1. The van der Waals surface area contributed by atoms with Gasteiger partial charge in [0, 0.05) is 17.9 Å². The lowest BCUT2D eigenvalue weighted by atomic mass is 10.2. The van der Waals surface area contributed by atoms with Crippen LogP contribution in [0.3, 0.4) is 0 Å². The van der Waals surface area contributed by atoms with Gasteiger partial charge in [0.25, 0.3) is 5.24 Å². The van der Waals surface area contributed by atoms with Gasteiger partial charge in [0.15, 0.2) is 0 Å². The molecule has 3 nitrogen and oxygen atoms in total. The van der Waals surface area contributed by atoms with Gasteiger partial charge in [-0.15, -0.1) is 0 Å². The van der Waals surface area contributed by atoms with E-state index in [2.05, 4.69) is 5.32 Å². The van der Waals surface area contributed by atoms with Crippen molar-refractivity contribution in [2.45, 2.75) is 20.3 Å². The molecule has 1 N–H and O–H groups in total. The molecule has 0 aliphatic heterocycles. The summed E-state index contributed by atoms with van der Waals surface area (Å²) in [5, 5.41) is 2.64. The molecule has 0 atom stereocenters. The van der Waals surface area contributed by atoms with Crippen LogP contribution in [-0.4, -0.2) is 16.8 Å². The fraction of sp³-hybridized carbons (Fsp3) is 0.333. The maximum Gasteiger partial charge on any atom is 0.283 e. The van der Waals surface area contributed by atoms with Crippen molar-refractivity contribution in [3.8, 4) is 0 Å². The number of aryl methyl sites for hydroxylation is 1. The lowest BCUT2D eigenvalue weighted by Crippen LogP contribution is -2.06. The Morgan fingerprint density at radius 3 is 2.44 bits per heavy atom. The molecule has 0 spiro atoms. The standard InChI is InChI=1S/C12H15NO2S/c1-9-3-5-11(6-4-9)13-12(15)16-8-7-10(2)14/h3-6H,7-8H2,1-2H3,(H,13,15). The van der Waals surface area contributed by atoms with Crippen molar-refractivity contribution in [3.63, 3.8) is 0 Å². The molecule has 1 amide bonds. The number of carbonyl (C=O) groups is 2. The fourth-order valence-corrected chi connectivity index (χ4v) is 1.84. The predicted molar refractivity (Wildman–Crippen MR) is 68.0 cm³/mol. The van der Waals surface area contributed by atoms with Crippen LogP contribution < -0.4 is 5.32 Å². The third-order valence-corrected chi connectivity index (χ3v) is 2.76. The van der Waals surface area contributed by atoms with Crippen molar-refractivity contribution in [2.75, 3.05) is 11.1 Å². The van der Waals surface area contributed by atoms with Gasteiger partial charge in [0.1, 0.15) is 5.78 Å². The minimum atomic E-state index is -0.120. The Labute approximate surface area is 99.6 Å². The average molecular weight is 237 g/mol. The van der Waals surface area contributed by atoms with Crippen LogP contribution in [0.15, 0.2) is 24.3 Å². The normalized spacial score (nSPS) is 9.88. The van der Waals surface area contributed by atoms with Gasteiger partial charge in [-0.1, -0.05) is 29.5 Å². The van der Waals surface area contributed by atoms with Crippen LogP contribution in [-0.2, 0) is 4.79 Å². The number of hydrogen-bond donors (Lipinski definition) is 1. The fourth-order valence-electron chi connectivity index (χ4n) is 1.08. The van der Waals surface area contributed by atoms with E-state index in [-0.39, 0.29) is 11.0 Å². The number of rotatable bonds is 4. The lowest BCUT2D eigenvalue weighted by molar-refractivity contribution is -0.116. The van der Waals surface area contributed by atoms with E-state index in [0.29, 0.717) is 12.2 Å². The van der Waals surface area contributed by atoms with Crippen LogP contribution >= 0.6 is 11.8 Å². The highest BCUT2D eigenvalue weighted by molar-refractivity contribution is 8.13. The summed E-state index contributed by atoms with van der Waals surface area (Å²) in [5.41, 5.74) is 1.94. The van der Waals surface area contributed by atoms with E-state index in [0.717, 1.165) is 23.0 Å². The first-order valence-corrected chi connectivity index (χ1v) is 6.06. The first-order chi connectivity index (χ1) is 7.58. The molecule has 0 radical (unpaired) electrons. The summed E-state index contributed by atoms with van der Waals surface area (Å²) in [6.45, 7) is 3.52. The van der Waals surface area contributed by atoms with E-state index >= 15 is 0 Å². The van der Waals surface area contributed by atoms with Crippen LogP contribution in [0.2, 0.25) is 0 Å². The van der Waals surface area contributed by atoms with E-state index in [1.54, 1.807) is 0 Å². The van der Waals surface area contributed by atoms with Crippen LogP contribution in [0.5, 0.6) is 0 Å². The second kappa shape index (κ2) is 6.33. The zero-order valence-corrected chi connectivity index (χ0v) is 10.3. The Hall–Kier alpha value is -1.29. The zero-order chi connectivity index (χ0) is 12.0. The van der Waals surface area contributed by atoms with Gasteiger partial charge >= 0.3 is 0 Å². The molecule has 0 bridgehead atoms. The molecule has 0 aliphatic rings. The SMILES string of the molecule is CC(=O)CCSC(=O)Nc1ccc(C)cc1. The summed E-state index contributed by atoms with van der Waals surface area (Å²) in [6, 6.07) is 7.60. The number of amides is 1. The Bertz CT molecular complexity index is 373. The molecule has 1 aromatic rings. The molecule has 0 heterocycles. The van der Waals surface area contributed by atoms with E-state index in [9.17, 15) is 9.59 Å². The summed E-state index contributed by atoms with van der Waals surface area (Å²) < 4.78 is 0. The molecule has 0 saturated heterocycles. The van der Waals surface area contributed by atoms with E-state index in [1.807, 2.05) is 31.2 Å². The Kier molecular flexibility index (Phi) is 5.05. The summed E-state index contributed by atoms with van der Waals surface area (Å²) >= 11 is 1.13. The van der Waals surface area contributed by atoms with E-state index in [1.165, 1.54) is 6.92 Å². The minimum Gasteiger partial charge on any atom is -0.317 e. The summed E-state index contributed by atoms with van der Waals surface area (Å²) in [7, 11) is 0. The molecule has 4 heteroatoms. The van der Waals surface area contributed by atoms with Crippen molar-refractivity contribution in [1.29, 1.82) is 0 Å². The van der Waals surface area contributed by atoms with Gasteiger partial charge in [-0.25, -0.2) is 0 Å². The van der Waals surface area contributed by atoms with Crippen molar-refractivity contribution in [1.82, 2.24) is 0 Å². The van der Waals surface area contributed by atoms with E-state index < -0.39 is 0 Å². The topological polar surface area (TPSA) is 46.2 Å². The van der Waals surface area contributed by atoms with Gasteiger partial charge in [-0.2, -0.15) is 0 Å². The summed E-state index contributed by atoms with van der Waals surface area (Å²) in [6.07, 6.45) is 0.436. The number of hydrogen-bond acceptors (Lipinski definition) is 3. The van der Waals surface area contributed by atoms with Crippen molar-refractivity contribution in [2.24, 2.45) is 0 Å². The van der Waals surface area contributed by atoms with Crippen molar-refractivity contribution < 1.29 is 9.59 Å². The number of thioether (sulfide) groups is 1. The Morgan fingerprint density at radius 1 is 1.25 bits per heavy atom. The van der Waals surface area contributed by atoms with Gasteiger partial charge in [-0.3, -0.25) is 9.59 Å². The van der Waals surface area contributed by atoms with E-state index in [4.69, 9.17) is 0 Å². The quantitative estimate of drug-likeness (QED) is 0.874. The van der Waals surface area contributed by atoms with Crippen LogP contribution in [0.1, 0.15) is 18.9 Å². The molecule has 0 unspecified atom stereocenters. The number of anilines is 1. The first kappa shape index (κ1) is 12.8. The predicted octanol–water partition coefficient (Wildman–Crippen LogP) is 3.24. The number of Topliss-reactive ketones (excluding diaryl/α,β-unsaturated/α-hetero) is 1. The average Bonchev–Trinajstić information content (AvgIpc) is 2.21. The van der Waals surface area contributed by atoms with Crippen molar-refractivity contribution >= 4 is 28.5 Å². The second-order valence-electron chi connectivity index (χ2n) is 3.58. The Balaban J connectivity index is 2.34. The Morgan fingerprint density at radius 2 is 1.88 bits per heavy atom. The smallest absolute Gasteiger partial charge is 0.283 e. The molecular weight excluding hydrogens is 222 g/mol. The number of nitrogens with one attached hydrogen (secondary N) is 1. The number of carbonyl (C=O) groups excluding carboxylic acids is 2. The van der Waals surface area contributed by atoms with Gasteiger partial charge < -0.3 is 5.32 Å². The van der Waals surface area contributed by atoms with Gasteiger partial charge in [-0.05, 0) is 26.0 Å². The third-order valence-electron chi connectivity index (χ3n) is 1.99. The molecular formula is C12H15NO2S. The molecule has 16 heavy (non-hydrogen) atoms. The number of benzene rings is 1. The van der Waals surface area contributed by atoms with Crippen LogP contribution in [0.25, 0.3) is 0 Å². The highest BCUT2D eigenvalue weighted by Crippen LogP contribution is 2.13. The van der Waals surface area contributed by atoms with Crippen LogP contribution in [0.4, 0.5) is 10.5 Å². The highest BCUT2D eigenvalue weighted by atomic mass is 32.2. The molecule has 0 fully saturated rings. The molecule has 1 aromatic carbocycles. The molecule has 0 saturated carbocycles. The molecule has 86 valence electrons. The zero-order valence-electron chi connectivity index (χ0n) is 9.45. The van der Waals surface area contributed by atoms with Crippen LogP contribution in [0, 0.1) is 6.92 Å². The maximum atomic E-state index is 11.4. The lowest BCUT2D eigenvalue weighted by Gasteiger charge is -2.04. The largest absolute Gasteiger partial charge is 0.317 e. The monoisotopic (exact) mass is 237 g/mol.